The van der Waals surface area contributed by atoms with Gasteiger partial charge < -0.3 is 4.90 Å². The lowest BCUT2D eigenvalue weighted by Gasteiger charge is -2.33. The first kappa shape index (κ1) is 17.8. The Bertz CT molecular complexity index is 796. The Morgan fingerprint density at radius 2 is 1.81 bits per heavy atom. The lowest BCUT2D eigenvalue weighted by Crippen LogP contribution is -2.50. The number of aromatic nitrogens is 1. The minimum absolute atomic E-state index is 0.0737. The van der Waals surface area contributed by atoms with E-state index < -0.39 is 0 Å². The van der Waals surface area contributed by atoms with E-state index in [-0.39, 0.29) is 29.7 Å². The van der Waals surface area contributed by atoms with E-state index in [1.807, 2.05) is 47.4 Å². The van der Waals surface area contributed by atoms with Crippen LogP contribution in [0.15, 0.2) is 54.9 Å². The van der Waals surface area contributed by atoms with Gasteiger partial charge in [0.25, 0.3) is 0 Å². The monoisotopic (exact) mass is 364 g/mol. The molecule has 0 bridgehead atoms. The highest BCUT2D eigenvalue weighted by atomic mass is 16.2. The summed E-state index contributed by atoms with van der Waals surface area (Å²) in [7, 11) is 0. The number of hydrogen-bond acceptors (Lipinski definition) is 5. The molecule has 2 N–H and O–H groups in total. The zero-order valence-electron chi connectivity index (χ0n) is 15.2. The number of nitrogens with zero attached hydrogens (tertiary/aromatic N) is 2. The molecule has 4 rings (SSSR count). The van der Waals surface area contributed by atoms with Gasteiger partial charge in [-0.1, -0.05) is 30.3 Å². The van der Waals surface area contributed by atoms with Crippen molar-refractivity contribution in [3.8, 4) is 0 Å². The van der Waals surface area contributed by atoms with Gasteiger partial charge in [0.05, 0.1) is 0 Å². The van der Waals surface area contributed by atoms with Crippen LogP contribution in [-0.4, -0.2) is 40.7 Å². The van der Waals surface area contributed by atoms with Gasteiger partial charge in [-0.05, 0) is 37.0 Å². The molecule has 0 aliphatic carbocycles. The summed E-state index contributed by atoms with van der Waals surface area (Å²) in [6.07, 6.45) is 5.92. The van der Waals surface area contributed by atoms with Crippen LogP contribution >= 0.6 is 0 Å². The molecular weight excluding hydrogens is 340 g/mol. The third kappa shape index (κ3) is 3.91. The van der Waals surface area contributed by atoms with E-state index in [4.69, 9.17) is 0 Å². The first-order valence-corrected chi connectivity index (χ1v) is 9.51. The van der Waals surface area contributed by atoms with Crippen molar-refractivity contribution in [2.45, 2.75) is 31.3 Å². The number of ketones is 1. The highest BCUT2D eigenvalue weighted by Gasteiger charge is 2.36. The smallest absolute Gasteiger partial charge is 0.241 e. The van der Waals surface area contributed by atoms with Crippen molar-refractivity contribution in [2.24, 2.45) is 5.92 Å². The van der Waals surface area contributed by atoms with Crippen LogP contribution in [0.2, 0.25) is 0 Å². The van der Waals surface area contributed by atoms with Crippen LogP contribution < -0.4 is 10.9 Å². The molecule has 0 radical (unpaired) electrons. The number of pyridine rings is 1. The summed E-state index contributed by atoms with van der Waals surface area (Å²) in [4.78, 5) is 31.6. The van der Waals surface area contributed by atoms with Gasteiger partial charge in [-0.2, -0.15) is 0 Å². The molecule has 2 aromatic rings. The Morgan fingerprint density at radius 1 is 1.04 bits per heavy atom. The molecule has 2 aliphatic heterocycles. The van der Waals surface area contributed by atoms with Crippen LogP contribution in [-0.2, 0) is 4.79 Å². The van der Waals surface area contributed by atoms with Crippen molar-refractivity contribution in [3.63, 3.8) is 0 Å². The third-order valence-electron chi connectivity index (χ3n) is 5.47. The number of nitrogens with one attached hydrogen (secondary N) is 2. The van der Waals surface area contributed by atoms with Crippen LogP contribution in [0.3, 0.4) is 0 Å². The predicted octanol–water partition coefficient (Wildman–Crippen LogP) is 2.11. The SMILES string of the molecule is O=C(c1ccccc1)C1CCCN(C(=O)C2CC(c3ccncc3)NN2)C1. The average Bonchev–Trinajstić information content (AvgIpc) is 3.24. The van der Waals surface area contributed by atoms with Crippen LogP contribution in [0.1, 0.15) is 41.2 Å². The number of hydrazine groups is 1. The van der Waals surface area contributed by atoms with Gasteiger partial charge in [0, 0.05) is 43.0 Å². The van der Waals surface area contributed by atoms with E-state index in [0.717, 1.165) is 30.5 Å². The van der Waals surface area contributed by atoms with E-state index in [0.29, 0.717) is 13.0 Å². The van der Waals surface area contributed by atoms with Gasteiger partial charge in [0.1, 0.15) is 6.04 Å². The predicted molar refractivity (Wildman–Crippen MR) is 102 cm³/mol. The number of benzene rings is 1. The second-order valence-corrected chi connectivity index (χ2v) is 7.26. The average molecular weight is 364 g/mol. The second kappa shape index (κ2) is 7.98. The quantitative estimate of drug-likeness (QED) is 0.813. The molecule has 1 aromatic carbocycles. The van der Waals surface area contributed by atoms with Gasteiger partial charge in [-0.25, -0.2) is 10.9 Å². The Hall–Kier alpha value is -2.57. The number of piperidine rings is 1. The fourth-order valence-corrected chi connectivity index (χ4v) is 3.98. The van der Waals surface area contributed by atoms with Gasteiger partial charge in [0.15, 0.2) is 5.78 Å². The minimum Gasteiger partial charge on any atom is -0.341 e. The van der Waals surface area contributed by atoms with Crippen molar-refractivity contribution < 1.29 is 9.59 Å². The largest absolute Gasteiger partial charge is 0.341 e. The maximum atomic E-state index is 13.0. The molecule has 2 aliphatic rings. The van der Waals surface area contributed by atoms with Crippen molar-refractivity contribution >= 4 is 11.7 Å². The lowest BCUT2D eigenvalue weighted by molar-refractivity contribution is -0.134. The zero-order chi connectivity index (χ0) is 18.6. The van der Waals surface area contributed by atoms with E-state index in [9.17, 15) is 9.59 Å². The molecule has 3 atom stereocenters. The number of Topliss-reactive ketones (excluding diaryl/α,β-unsaturated/α-hetero) is 1. The molecule has 140 valence electrons. The molecule has 3 unspecified atom stereocenters. The summed E-state index contributed by atoms with van der Waals surface area (Å²) in [6.45, 7) is 1.22. The fourth-order valence-electron chi connectivity index (χ4n) is 3.98. The molecule has 6 nitrogen and oxygen atoms in total. The Labute approximate surface area is 158 Å². The van der Waals surface area contributed by atoms with Crippen molar-refractivity contribution in [1.82, 2.24) is 20.7 Å². The number of carbonyl (C=O) groups excluding carboxylic acids is 2. The maximum absolute atomic E-state index is 13.0. The van der Waals surface area contributed by atoms with Crippen molar-refractivity contribution in [2.75, 3.05) is 13.1 Å². The van der Waals surface area contributed by atoms with Crippen LogP contribution in [0.4, 0.5) is 0 Å². The first-order valence-electron chi connectivity index (χ1n) is 9.51. The van der Waals surface area contributed by atoms with Crippen LogP contribution in [0.25, 0.3) is 0 Å². The van der Waals surface area contributed by atoms with E-state index >= 15 is 0 Å². The normalized spacial score (nSPS) is 25.3. The molecule has 1 aromatic heterocycles. The Morgan fingerprint density at radius 3 is 2.59 bits per heavy atom. The standard InChI is InChI=1S/C21H24N4O2/c26-20(16-5-2-1-3-6-16)17-7-4-12-25(14-17)21(27)19-13-18(23-24-19)15-8-10-22-11-9-15/h1-3,5-6,8-11,17-19,23-24H,4,7,12-14H2. The highest BCUT2D eigenvalue weighted by Crippen LogP contribution is 2.25. The van der Waals surface area contributed by atoms with Crippen molar-refractivity contribution in [1.29, 1.82) is 0 Å². The number of amides is 1. The third-order valence-corrected chi connectivity index (χ3v) is 5.47. The van der Waals surface area contributed by atoms with Gasteiger partial charge >= 0.3 is 0 Å². The minimum atomic E-state index is -0.270. The maximum Gasteiger partial charge on any atom is 0.241 e. The molecule has 2 fully saturated rings. The van der Waals surface area contributed by atoms with Gasteiger partial charge in [-0.3, -0.25) is 14.6 Å². The summed E-state index contributed by atoms with van der Waals surface area (Å²) in [6, 6.07) is 13.1. The first-order chi connectivity index (χ1) is 13.2. The summed E-state index contributed by atoms with van der Waals surface area (Å²) < 4.78 is 0. The fraction of sp³-hybridized carbons (Fsp3) is 0.381. The number of rotatable bonds is 4. The zero-order valence-corrected chi connectivity index (χ0v) is 15.2. The molecule has 3 heterocycles. The molecule has 2 saturated heterocycles. The molecule has 1 amide bonds. The van der Waals surface area contributed by atoms with E-state index in [2.05, 4.69) is 15.8 Å². The molecule has 27 heavy (non-hydrogen) atoms. The number of likely N-dealkylation sites (tertiary alicyclic amines) is 1. The summed E-state index contributed by atoms with van der Waals surface area (Å²) in [5.74, 6) is 0.0975. The molecule has 6 heteroatoms. The summed E-state index contributed by atoms with van der Waals surface area (Å²) in [5.41, 5.74) is 8.19. The molecule has 0 saturated carbocycles. The topological polar surface area (TPSA) is 74.3 Å². The Kier molecular flexibility index (Phi) is 5.27. The van der Waals surface area contributed by atoms with Crippen LogP contribution in [0.5, 0.6) is 0 Å². The van der Waals surface area contributed by atoms with E-state index in [1.54, 1.807) is 12.4 Å². The lowest BCUT2D eigenvalue weighted by atomic mass is 9.89. The van der Waals surface area contributed by atoms with E-state index in [1.165, 1.54) is 0 Å². The Balaban J connectivity index is 1.38. The molecular formula is C21H24N4O2. The summed E-state index contributed by atoms with van der Waals surface area (Å²) in [5, 5.41) is 0. The molecule has 0 spiro atoms. The number of carbonyl (C=O) groups is 2. The van der Waals surface area contributed by atoms with Gasteiger partial charge in [-0.15, -0.1) is 0 Å². The highest BCUT2D eigenvalue weighted by molar-refractivity contribution is 5.98. The van der Waals surface area contributed by atoms with Crippen LogP contribution in [0, 0.1) is 5.92 Å². The van der Waals surface area contributed by atoms with Gasteiger partial charge in [0.2, 0.25) is 5.91 Å². The second-order valence-electron chi connectivity index (χ2n) is 7.26. The number of hydrogen-bond donors (Lipinski definition) is 2. The van der Waals surface area contributed by atoms with Crippen molar-refractivity contribution in [3.05, 3.63) is 66.0 Å². The summed E-state index contributed by atoms with van der Waals surface area (Å²) >= 11 is 0.